The summed E-state index contributed by atoms with van der Waals surface area (Å²) in [4.78, 5) is 11.9. The third-order valence-electron chi connectivity index (χ3n) is 6.38. The maximum absolute atomic E-state index is 5.74. The van der Waals surface area contributed by atoms with Crippen molar-refractivity contribution in [2.45, 2.75) is 38.8 Å². The second-order valence-electron chi connectivity index (χ2n) is 8.74. The van der Waals surface area contributed by atoms with Crippen molar-refractivity contribution in [2.75, 3.05) is 43.7 Å². The average Bonchev–Trinajstić information content (AvgIpc) is 3.49. The van der Waals surface area contributed by atoms with Gasteiger partial charge in [0.1, 0.15) is 5.52 Å². The maximum atomic E-state index is 5.74. The van der Waals surface area contributed by atoms with Crippen LogP contribution in [0.25, 0.3) is 11.2 Å². The van der Waals surface area contributed by atoms with Gasteiger partial charge in [0.2, 0.25) is 0 Å². The van der Waals surface area contributed by atoms with Gasteiger partial charge in [0.25, 0.3) is 0 Å². The highest BCUT2D eigenvalue weighted by Crippen LogP contribution is 2.41. The Morgan fingerprint density at radius 3 is 2.78 bits per heavy atom. The molecule has 168 valence electrons. The van der Waals surface area contributed by atoms with E-state index in [0.717, 1.165) is 60.6 Å². The van der Waals surface area contributed by atoms with Gasteiger partial charge in [-0.3, -0.25) is 5.43 Å². The summed E-state index contributed by atoms with van der Waals surface area (Å²) >= 11 is 0. The number of morpholine rings is 1. The number of aromatic nitrogens is 3. The molecule has 5 rings (SSSR count). The number of methoxy groups -OCH3 is 1. The molecule has 0 bridgehead atoms. The Morgan fingerprint density at radius 2 is 2.06 bits per heavy atom. The molecule has 1 saturated carbocycles. The van der Waals surface area contributed by atoms with Gasteiger partial charge in [0.15, 0.2) is 11.5 Å². The second kappa shape index (κ2) is 8.52. The van der Waals surface area contributed by atoms with Crippen molar-refractivity contribution in [3.63, 3.8) is 0 Å². The number of anilines is 2. The molecule has 0 radical (unpaired) electrons. The van der Waals surface area contributed by atoms with Crippen molar-refractivity contribution >= 4 is 28.4 Å². The van der Waals surface area contributed by atoms with Crippen molar-refractivity contribution < 1.29 is 9.47 Å². The molecule has 0 spiro atoms. The van der Waals surface area contributed by atoms with E-state index in [4.69, 9.17) is 19.4 Å². The first-order valence-corrected chi connectivity index (χ1v) is 11.2. The fourth-order valence-electron chi connectivity index (χ4n) is 4.19. The van der Waals surface area contributed by atoms with E-state index in [9.17, 15) is 0 Å². The first kappa shape index (κ1) is 20.9. The summed E-state index contributed by atoms with van der Waals surface area (Å²) in [5.41, 5.74) is 9.13. The summed E-state index contributed by atoms with van der Waals surface area (Å²) < 4.78 is 13.4. The summed E-state index contributed by atoms with van der Waals surface area (Å²) in [6, 6.07) is 10.4. The molecule has 3 aromatic rings. The Hall–Kier alpha value is -2.97. The lowest BCUT2D eigenvalue weighted by atomic mass is 10.1. The lowest BCUT2D eigenvalue weighted by Gasteiger charge is -2.29. The molecule has 32 heavy (non-hydrogen) atoms. The van der Waals surface area contributed by atoms with Crippen LogP contribution in [0.15, 0.2) is 41.8 Å². The first-order valence-electron chi connectivity index (χ1n) is 11.2. The van der Waals surface area contributed by atoms with Crippen LogP contribution in [0.3, 0.4) is 0 Å². The minimum Gasteiger partial charge on any atom is -0.378 e. The van der Waals surface area contributed by atoms with Gasteiger partial charge in [0, 0.05) is 26.3 Å². The van der Waals surface area contributed by atoms with E-state index in [1.165, 1.54) is 5.56 Å². The SMILES string of the molecule is COC1(Cn2cnc3c(N4CCOCC4)cc(N/N=C(\C)c4cccc(C)c4)nc32)CC1. The number of hydrogen-bond donors (Lipinski definition) is 1. The lowest BCUT2D eigenvalue weighted by molar-refractivity contribution is 0.0659. The third kappa shape index (κ3) is 4.20. The van der Waals surface area contributed by atoms with Gasteiger partial charge >= 0.3 is 0 Å². The molecule has 0 unspecified atom stereocenters. The molecule has 2 fully saturated rings. The number of aryl methyl sites for hydroxylation is 1. The summed E-state index contributed by atoms with van der Waals surface area (Å²) in [6.07, 6.45) is 4.01. The highest BCUT2D eigenvalue weighted by atomic mass is 16.5. The van der Waals surface area contributed by atoms with Gasteiger partial charge in [-0.1, -0.05) is 29.8 Å². The molecule has 3 heterocycles. The normalized spacial score (nSPS) is 18.2. The summed E-state index contributed by atoms with van der Waals surface area (Å²) in [5, 5.41) is 4.62. The maximum Gasteiger partial charge on any atom is 0.164 e. The summed E-state index contributed by atoms with van der Waals surface area (Å²) in [6.45, 7) is 7.93. The minimum absolute atomic E-state index is 0.0855. The van der Waals surface area contributed by atoms with Crippen molar-refractivity contribution in [1.82, 2.24) is 14.5 Å². The van der Waals surface area contributed by atoms with Crippen molar-refractivity contribution in [1.29, 1.82) is 0 Å². The molecular weight excluding hydrogens is 404 g/mol. The number of fused-ring (bicyclic) bond motifs is 1. The van der Waals surface area contributed by atoms with Crippen molar-refractivity contribution in [3.8, 4) is 0 Å². The highest BCUT2D eigenvalue weighted by Gasteiger charge is 2.43. The predicted molar refractivity (Wildman–Crippen MR) is 127 cm³/mol. The molecule has 2 aromatic heterocycles. The van der Waals surface area contributed by atoms with Gasteiger partial charge in [0.05, 0.1) is 43.1 Å². The number of nitrogens with one attached hydrogen (secondary N) is 1. The highest BCUT2D eigenvalue weighted by molar-refractivity contribution is 5.99. The largest absolute Gasteiger partial charge is 0.378 e. The van der Waals surface area contributed by atoms with Crippen LogP contribution in [0.4, 0.5) is 11.5 Å². The van der Waals surface area contributed by atoms with Gasteiger partial charge in [-0.25, -0.2) is 9.97 Å². The number of ether oxygens (including phenoxy) is 2. The number of nitrogens with zero attached hydrogens (tertiary/aromatic N) is 5. The number of pyridine rings is 1. The Labute approximate surface area is 188 Å². The molecule has 1 saturated heterocycles. The quantitative estimate of drug-likeness (QED) is 0.452. The zero-order valence-electron chi connectivity index (χ0n) is 19.0. The standard InChI is InChI=1S/C24H30N6O2/c1-17-5-4-6-19(13-17)18(2)27-28-21-14-20(29-9-11-32-12-10-29)22-23(26-21)30(16-25-22)15-24(31-3)7-8-24/h4-6,13-14,16H,7-12,15H2,1-3H3,(H,26,28)/b27-18+. The molecule has 1 N–H and O–H groups in total. The van der Waals surface area contributed by atoms with Gasteiger partial charge in [-0.2, -0.15) is 5.10 Å². The monoisotopic (exact) mass is 434 g/mol. The molecular formula is C24H30N6O2. The number of hydrazone groups is 1. The van der Waals surface area contributed by atoms with E-state index in [2.05, 4.69) is 45.1 Å². The van der Waals surface area contributed by atoms with Gasteiger partial charge in [-0.15, -0.1) is 0 Å². The van der Waals surface area contributed by atoms with Crippen LogP contribution in [-0.4, -0.2) is 59.3 Å². The number of imidazole rings is 1. The van der Waals surface area contributed by atoms with E-state index < -0.39 is 0 Å². The van der Waals surface area contributed by atoms with E-state index in [1.807, 2.05) is 25.4 Å². The number of rotatable bonds is 7. The van der Waals surface area contributed by atoms with E-state index in [-0.39, 0.29) is 5.60 Å². The second-order valence-corrected chi connectivity index (χ2v) is 8.74. The molecule has 0 atom stereocenters. The van der Waals surface area contributed by atoms with Gasteiger partial charge < -0.3 is 18.9 Å². The lowest BCUT2D eigenvalue weighted by Crippen LogP contribution is -2.36. The smallest absolute Gasteiger partial charge is 0.164 e. The number of hydrogen-bond acceptors (Lipinski definition) is 7. The average molecular weight is 435 g/mol. The van der Waals surface area contributed by atoms with Gasteiger partial charge in [-0.05, 0) is 32.3 Å². The topological polar surface area (TPSA) is 76.8 Å². The van der Waals surface area contributed by atoms with Crippen molar-refractivity contribution in [2.24, 2.45) is 5.10 Å². The Balaban J connectivity index is 1.50. The molecule has 1 aliphatic heterocycles. The molecule has 1 aromatic carbocycles. The molecule has 2 aliphatic rings. The number of benzene rings is 1. The Morgan fingerprint density at radius 1 is 1.25 bits per heavy atom. The van der Waals surface area contributed by atoms with Crippen LogP contribution in [0.2, 0.25) is 0 Å². The zero-order valence-corrected chi connectivity index (χ0v) is 19.0. The predicted octanol–water partition coefficient (Wildman–Crippen LogP) is 3.59. The van der Waals surface area contributed by atoms with Crippen molar-refractivity contribution in [3.05, 3.63) is 47.8 Å². The van der Waals surface area contributed by atoms with Crippen LogP contribution < -0.4 is 10.3 Å². The zero-order chi connectivity index (χ0) is 22.1. The summed E-state index contributed by atoms with van der Waals surface area (Å²) in [7, 11) is 1.79. The molecule has 8 heteroatoms. The molecule has 8 nitrogen and oxygen atoms in total. The van der Waals surface area contributed by atoms with Crippen LogP contribution in [0, 0.1) is 6.92 Å². The van der Waals surface area contributed by atoms with Crippen LogP contribution in [0.1, 0.15) is 30.9 Å². The fraction of sp³-hybridized carbons (Fsp3) is 0.458. The van der Waals surface area contributed by atoms with E-state index in [1.54, 1.807) is 7.11 Å². The van der Waals surface area contributed by atoms with E-state index in [0.29, 0.717) is 19.0 Å². The van der Waals surface area contributed by atoms with Crippen LogP contribution >= 0.6 is 0 Å². The van der Waals surface area contributed by atoms with Crippen LogP contribution in [0.5, 0.6) is 0 Å². The molecule has 0 amide bonds. The fourth-order valence-corrected chi connectivity index (χ4v) is 4.19. The Kier molecular flexibility index (Phi) is 5.57. The molecule has 1 aliphatic carbocycles. The minimum atomic E-state index is -0.0855. The Bertz CT molecular complexity index is 1140. The van der Waals surface area contributed by atoms with Crippen LogP contribution in [-0.2, 0) is 16.0 Å². The first-order chi connectivity index (χ1) is 15.6. The third-order valence-corrected chi connectivity index (χ3v) is 6.38. The summed E-state index contributed by atoms with van der Waals surface area (Å²) in [5.74, 6) is 0.704. The van der Waals surface area contributed by atoms with E-state index >= 15 is 0 Å².